The van der Waals surface area contributed by atoms with Gasteiger partial charge in [0.15, 0.2) is 5.82 Å². The first kappa shape index (κ1) is 11.5. The zero-order chi connectivity index (χ0) is 11.5. The van der Waals surface area contributed by atoms with Crippen LogP contribution in [0.2, 0.25) is 5.15 Å². The average molecular weight is 242 g/mol. The summed E-state index contributed by atoms with van der Waals surface area (Å²) in [6, 6.07) is 3.41. The van der Waals surface area contributed by atoms with Gasteiger partial charge in [0, 0.05) is 6.54 Å². The minimum atomic E-state index is -0.142. The van der Waals surface area contributed by atoms with Crippen molar-refractivity contribution >= 4 is 23.1 Å². The number of aromatic nitrogens is 1. The molecular weight excluding hydrogens is 226 g/mol. The van der Waals surface area contributed by atoms with Gasteiger partial charge in [-0.2, -0.15) is 0 Å². The van der Waals surface area contributed by atoms with Crippen LogP contribution in [0.4, 0.5) is 11.5 Å². The summed E-state index contributed by atoms with van der Waals surface area (Å²) in [7, 11) is 0. The lowest BCUT2D eigenvalue weighted by atomic mass is 10.1. The normalized spacial score (nSPS) is 24.6. The van der Waals surface area contributed by atoms with Crippen molar-refractivity contribution < 1.29 is 5.11 Å². The van der Waals surface area contributed by atoms with E-state index in [0.717, 1.165) is 25.8 Å². The number of nitrogens with two attached hydrogens (primary N) is 1. The van der Waals surface area contributed by atoms with E-state index in [1.165, 1.54) is 0 Å². The summed E-state index contributed by atoms with van der Waals surface area (Å²) in [6.07, 6.45) is 2.66. The van der Waals surface area contributed by atoms with Crippen molar-refractivity contribution in [1.82, 2.24) is 4.98 Å². The lowest BCUT2D eigenvalue weighted by molar-refractivity contribution is 0.178. The molecule has 1 fully saturated rings. The summed E-state index contributed by atoms with van der Waals surface area (Å²) in [4.78, 5) is 4.12. The molecule has 0 aliphatic heterocycles. The maximum absolute atomic E-state index is 9.41. The Bertz CT molecular complexity index is 372. The van der Waals surface area contributed by atoms with Crippen LogP contribution in [0.3, 0.4) is 0 Å². The second kappa shape index (κ2) is 4.89. The van der Waals surface area contributed by atoms with Crippen molar-refractivity contribution in [2.45, 2.75) is 25.4 Å². The van der Waals surface area contributed by atoms with Crippen molar-refractivity contribution in [3.63, 3.8) is 0 Å². The highest BCUT2D eigenvalue weighted by molar-refractivity contribution is 6.29. The molecule has 2 unspecified atom stereocenters. The molecule has 1 aliphatic rings. The average Bonchev–Trinajstić information content (AvgIpc) is 2.66. The molecule has 0 spiro atoms. The van der Waals surface area contributed by atoms with Gasteiger partial charge in [0.05, 0.1) is 11.8 Å². The van der Waals surface area contributed by atoms with Crippen LogP contribution >= 0.6 is 11.6 Å². The molecule has 88 valence electrons. The smallest absolute Gasteiger partial charge is 0.150 e. The van der Waals surface area contributed by atoms with E-state index < -0.39 is 0 Å². The molecule has 4 N–H and O–H groups in total. The fourth-order valence-corrected chi connectivity index (χ4v) is 2.21. The van der Waals surface area contributed by atoms with Crippen LogP contribution in [0.5, 0.6) is 0 Å². The Kier molecular flexibility index (Phi) is 3.51. The Morgan fingerprint density at radius 3 is 3.00 bits per heavy atom. The zero-order valence-corrected chi connectivity index (χ0v) is 9.74. The monoisotopic (exact) mass is 241 g/mol. The Morgan fingerprint density at radius 1 is 1.50 bits per heavy atom. The fourth-order valence-electron chi connectivity index (χ4n) is 2.06. The molecule has 1 saturated carbocycles. The summed E-state index contributed by atoms with van der Waals surface area (Å²) < 4.78 is 0. The third-order valence-electron chi connectivity index (χ3n) is 2.96. The lowest BCUT2D eigenvalue weighted by Crippen LogP contribution is -2.14. The van der Waals surface area contributed by atoms with Crippen molar-refractivity contribution in [3.05, 3.63) is 17.3 Å². The third kappa shape index (κ3) is 2.77. The van der Waals surface area contributed by atoms with Gasteiger partial charge in [0.25, 0.3) is 0 Å². The number of hydrogen-bond donors (Lipinski definition) is 3. The summed E-state index contributed by atoms with van der Waals surface area (Å²) >= 11 is 5.79. The fraction of sp³-hybridized carbons (Fsp3) is 0.545. The number of nitrogens with zero attached hydrogens (tertiary/aromatic N) is 1. The summed E-state index contributed by atoms with van der Waals surface area (Å²) in [5.41, 5.74) is 6.37. The molecule has 0 aromatic carbocycles. The van der Waals surface area contributed by atoms with Gasteiger partial charge in [-0.3, -0.25) is 0 Å². The summed E-state index contributed by atoms with van der Waals surface area (Å²) in [5, 5.41) is 13.0. The predicted molar refractivity (Wildman–Crippen MR) is 65.5 cm³/mol. The summed E-state index contributed by atoms with van der Waals surface area (Å²) in [6.45, 7) is 0.786. The molecule has 0 radical (unpaired) electrons. The maximum Gasteiger partial charge on any atom is 0.150 e. The molecule has 2 atom stereocenters. The molecule has 0 amide bonds. The highest BCUT2D eigenvalue weighted by Crippen LogP contribution is 2.26. The molecule has 1 aliphatic carbocycles. The first-order valence-corrected chi connectivity index (χ1v) is 5.87. The van der Waals surface area contributed by atoms with Crippen LogP contribution in [0.1, 0.15) is 19.3 Å². The standard InChI is InChI=1S/C11H16ClN3O/c12-10-4-3-9(13)11(15-10)14-6-7-1-2-8(16)5-7/h3-4,7-8,16H,1-2,5-6,13H2,(H,14,15). The number of aliphatic hydroxyl groups excluding tert-OH is 1. The van der Waals surface area contributed by atoms with E-state index in [2.05, 4.69) is 10.3 Å². The van der Waals surface area contributed by atoms with Gasteiger partial charge in [0.2, 0.25) is 0 Å². The zero-order valence-electron chi connectivity index (χ0n) is 8.99. The van der Waals surface area contributed by atoms with E-state index in [9.17, 15) is 5.11 Å². The minimum absolute atomic E-state index is 0.142. The number of pyridine rings is 1. The summed E-state index contributed by atoms with van der Waals surface area (Å²) in [5.74, 6) is 1.13. The van der Waals surface area contributed by atoms with Crippen molar-refractivity contribution in [2.24, 2.45) is 5.92 Å². The van der Waals surface area contributed by atoms with Crippen LogP contribution in [0.15, 0.2) is 12.1 Å². The van der Waals surface area contributed by atoms with Gasteiger partial charge in [-0.05, 0) is 37.3 Å². The second-order valence-corrected chi connectivity index (χ2v) is 4.67. The van der Waals surface area contributed by atoms with E-state index in [1.807, 2.05) is 0 Å². The largest absolute Gasteiger partial charge is 0.396 e. The Labute approximate surface area is 99.8 Å². The number of aliphatic hydroxyl groups is 1. The molecule has 1 heterocycles. The molecule has 1 aromatic heterocycles. The molecule has 0 bridgehead atoms. The first-order valence-electron chi connectivity index (χ1n) is 5.49. The predicted octanol–water partition coefficient (Wildman–Crippen LogP) is 1.89. The van der Waals surface area contributed by atoms with E-state index in [4.69, 9.17) is 17.3 Å². The van der Waals surface area contributed by atoms with Gasteiger partial charge in [-0.25, -0.2) is 4.98 Å². The Balaban J connectivity index is 1.91. The van der Waals surface area contributed by atoms with Crippen molar-refractivity contribution in [1.29, 1.82) is 0 Å². The molecule has 0 saturated heterocycles. The first-order chi connectivity index (χ1) is 7.65. The Morgan fingerprint density at radius 2 is 2.31 bits per heavy atom. The maximum atomic E-state index is 9.41. The molecule has 5 heteroatoms. The van der Waals surface area contributed by atoms with Crippen molar-refractivity contribution in [3.8, 4) is 0 Å². The van der Waals surface area contributed by atoms with Crippen LogP contribution in [0, 0.1) is 5.92 Å². The van der Waals surface area contributed by atoms with Gasteiger partial charge in [0.1, 0.15) is 5.15 Å². The topological polar surface area (TPSA) is 71.2 Å². The van der Waals surface area contributed by atoms with Crippen LogP contribution in [-0.4, -0.2) is 22.7 Å². The van der Waals surface area contributed by atoms with Gasteiger partial charge in [-0.1, -0.05) is 11.6 Å². The quantitative estimate of drug-likeness (QED) is 0.707. The third-order valence-corrected chi connectivity index (χ3v) is 3.17. The van der Waals surface area contributed by atoms with Gasteiger partial charge < -0.3 is 16.2 Å². The lowest BCUT2D eigenvalue weighted by Gasteiger charge is -2.12. The van der Waals surface area contributed by atoms with Crippen molar-refractivity contribution in [2.75, 3.05) is 17.6 Å². The van der Waals surface area contributed by atoms with E-state index in [-0.39, 0.29) is 6.10 Å². The highest BCUT2D eigenvalue weighted by atomic mass is 35.5. The molecule has 16 heavy (non-hydrogen) atoms. The molecular formula is C11H16ClN3O. The molecule has 1 aromatic rings. The van der Waals surface area contributed by atoms with Gasteiger partial charge in [-0.15, -0.1) is 0 Å². The highest BCUT2D eigenvalue weighted by Gasteiger charge is 2.22. The van der Waals surface area contributed by atoms with Crippen LogP contribution in [0.25, 0.3) is 0 Å². The van der Waals surface area contributed by atoms with E-state index in [0.29, 0.717) is 22.6 Å². The number of anilines is 2. The van der Waals surface area contributed by atoms with E-state index >= 15 is 0 Å². The van der Waals surface area contributed by atoms with Crippen LogP contribution in [-0.2, 0) is 0 Å². The molecule has 4 nitrogen and oxygen atoms in total. The molecule has 2 rings (SSSR count). The van der Waals surface area contributed by atoms with Crippen LogP contribution < -0.4 is 11.1 Å². The number of nitrogens with one attached hydrogen (secondary N) is 1. The minimum Gasteiger partial charge on any atom is -0.396 e. The number of nitrogen functional groups attached to an aromatic ring is 1. The van der Waals surface area contributed by atoms with E-state index in [1.54, 1.807) is 12.1 Å². The Hall–Kier alpha value is -1.00. The number of rotatable bonds is 3. The second-order valence-electron chi connectivity index (χ2n) is 4.29. The van der Waals surface area contributed by atoms with Gasteiger partial charge >= 0.3 is 0 Å². The SMILES string of the molecule is Nc1ccc(Cl)nc1NCC1CCC(O)C1. The number of halogens is 1. The number of hydrogen-bond acceptors (Lipinski definition) is 4.